The number of hydrogen-bond donors (Lipinski definition) is 3. The number of ether oxygens (including phenoxy) is 1. The SMILES string of the molecule is CC(C)CCOC1CCCCC1NC(=O)NCCC(C)O. The zero-order chi connectivity index (χ0) is 15.7. The topological polar surface area (TPSA) is 70.6 Å². The van der Waals surface area contributed by atoms with E-state index in [1.165, 1.54) is 6.42 Å². The van der Waals surface area contributed by atoms with Gasteiger partial charge in [-0.25, -0.2) is 4.79 Å². The second kappa shape index (κ2) is 10.0. The maximum absolute atomic E-state index is 11.9. The Bertz CT molecular complexity index is 295. The Morgan fingerprint density at radius 1 is 1.24 bits per heavy atom. The van der Waals surface area contributed by atoms with Gasteiger partial charge in [-0.3, -0.25) is 0 Å². The number of urea groups is 1. The van der Waals surface area contributed by atoms with Crippen LogP contribution < -0.4 is 10.6 Å². The third-order valence-electron chi connectivity index (χ3n) is 3.89. The molecule has 3 atom stereocenters. The molecular weight excluding hydrogens is 268 g/mol. The molecule has 1 rings (SSSR count). The fourth-order valence-corrected chi connectivity index (χ4v) is 2.53. The molecule has 3 unspecified atom stereocenters. The number of amides is 2. The molecule has 5 heteroatoms. The van der Waals surface area contributed by atoms with Crippen molar-refractivity contribution in [2.24, 2.45) is 5.92 Å². The van der Waals surface area contributed by atoms with E-state index in [0.717, 1.165) is 32.3 Å². The molecule has 0 spiro atoms. The molecule has 5 nitrogen and oxygen atoms in total. The van der Waals surface area contributed by atoms with Gasteiger partial charge in [-0.1, -0.05) is 26.7 Å². The van der Waals surface area contributed by atoms with Crippen LogP contribution in [0.2, 0.25) is 0 Å². The van der Waals surface area contributed by atoms with E-state index in [4.69, 9.17) is 4.74 Å². The Hall–Kier alpha value is -0.810. The van der Waals surface area contributed by atoms with Gasteiger partial charge in [0, 0.05) is 13.2 Å². The zero-order valence-electron chi connectivity index (χ0n) is 13.7. The molecule has 1 aliphatic carbocycles. The van der Waals surface area contributed by atoms with Crippen LogP contribution in [-0.2, 0) is 4.74 Å². The van der Waals surface area contributed by atoms with E-state index in [1.807, 2.05) is 0 Å². The average Bonchev–Trinajstić information content (AvgIpc) is 2.40. The fraction of sp³-hybridized carbons (Fsp3) is 0.938. The van der Waals surface area contributed by atoms with Crippen LogP contribution in [0, 0.1) is 5.92 Å². The molecular formula is C16H32N2O3. The predicted molar refractivity (Wildman–Crippen MR) is 84.3 cm³/mol. The first-order valence-electron chi connectivity index (χ1n) is 8.33. The lowest BCUT2D eigenvalue weighted by Crippen LogP contribution is -2.50. The van der Waals surface area contributed by atoms with Gasteiger partial charge in [0.2, 0.25) is 0 Å². The van der Waals surface area contributed by atoms with E-state index in [9.17, 15) is 9.90 Å². The van der Waals surface area contributed by atoms with Gasteiger partial charge in [0.05, 0.1) is 18.2 Å². The Balaban J connectivity index is 2.29. The van der Waals surface area contributed by atoms with Gasteiger partial charge in [0.1, 0.15) is 0 Å². The summed E-state index contributed by atoms with van der Waals surface area (Å²) in [5, 5.41) is 15.0. The summed E-state index contributed by atoms with van der Waals surface area (Å²) in [7, 11) is 0. The van der Waals surface area contributed by atoms with Gasteiger partial charge in [-0.05, 0) is 38.5 Å². The highest BCUT2D eigenvalue weighted by molar-refractivity contribution is 5.74. The van der Waals surface area contributed by atoms with Crippen LogP contribution in [0.3, 0.4) is 0 Å². The van der Waals surface area contributed by atoms with Crippen LogP contribution in [0.1, 0.15) is 59.3 Å². The van der Waals surface area contributed by atoms with Crippen LogP contribution in [0.15, 0.2) is 0 Å². The van der Waals surface area contributed by atoms with Gasteiger partial charge in [0.25, 0.3) is 0 Å². The van der Waals surface area contributed by atoms with Crippen molar-refractivity contribution in [1.82, 2.24) is 10.6 Å². The Morgan fingerprint density at radius 2 is 1.95 bits per heavy atom. The van der Waals surface area contributed by atoms with Crippen molar-refractivity contribution in [1.29, 1.82) is 0 Å². The van der Waals surface area contributed by atoms with Gasteiger partial charge in [0.15, 0.2) is 0 Å². The number of nitrogens with one attached hydrogen (secondary N) is 2. The molecule has 21 heavy (non-hydrogen) atoms. The lowest BCUT2D eigenvalue weighted by molar-refractivity contribution is 0.00338. The number of aliphatic hydroxyl groups is 1. The van der Waals surface area contributed by atoms with Crippen LogP contribution in [0.4, 0.5) is 4.79 Å². The first kappa shape index (κ1) is 18.2. The van der Waals surface area contributed by atoms with Gasteiger partial charge >= 0.3 is 6.03 Å². The molecule has 0 aromatic rings. The summed E-state index contributed by atoms with van der Waals surface area (Å²) < 4.78 is 5.97. The molecule has 1 saturated carbocycles. The van der Waals surface area contributed by atoms with Crippen molar-refractivity contribution in [3.05, 3.63) is 0 Å². The van der Waals surface area contributed by atoms with Crippen molar-refractivity contribution >= 4 is 6.03 Å². The number of hydrogen-bond acceptors (Lipinski definition) is 3. The standard InChI is InChI=1S/C16H32N2O3/c1-12(2)9-11-21-15-7-5-4-6-14(15)18-16(20)17-10-8-13(3)19/h12-15,19H,4-11H2,1-3H3,(H2,17,18,20). The van der Waals surface area contributed by atoms with Crippen LogP contribution in [0.25, 0.3) is 0 Å². The van der Waals surface area contributed by atoms with Crippen LogP contribution in [-0.4, -0.2) is 42.5 Å². The predicted octanol–water partition coefficient (Wildman–Crippen LogP) is 2.43. The minimum absolute atomic E-state index is 0.109. The van der Waals surface area contributed by atoms with E-state index in [0.29, 0.717) is 18.9 Å². The summed E-state index contributed by atoms with van der Waals surface area (Å²) in [6, 6.07) is -0.0440. The molecule has 1 aliphatic rings. The summed E-state index contributed by atoms with van der Waals surface area (Å²) in [5.41, 5.74) is 0. The van der Waals surface area contributed by atoms with Crippen molar-refractivity contribution in [2.45, 2.75) is 77.5 Å². The highest BCUT2D eigenvalue weighted by atomic mass is 16.5. The highest BCUT2D eigenvalue weighted by Crippen LogP contribution is 2.21. The number of rotatable bonds is 8. The van der Waals surface area contributed by atoms with Crippen LogP contribution in [0.5, 0.6) is 0 Å². The lowest BCUT2D eigenvalue weighted by Gasteiger charge is -2.32. The number of carbonyl (C=O) groups excluding carboxylic acids is 1. The zero-order valence-corrected chi connectivity index (χ0v) is 13.7. The molecule has 0 aromatic heterocycles. The average molecular weight is 300 g/mol. The molecule has 0 aromatic carbocycles. The molecule has 3 N–H and O–H groups in total. The molecule has 0 heterocycles. The van der Waals surface area contributed by atoms with E-state index in [1.54, 1.807) is 6.92 Å². The second-order valence-corrected chi connectivity index (χ2v) is 6.52. The maximum atomic E-state index is 11.9. The largest absolute Gasteiger partial charge is 0.393 e. The van der Waals surface area contributed by atoms with Crippen molar-refractivity contribution < 1.29 is 14.6 Å². The third-order valence-corrected chi connectivity index (χ3v) is 3.89. The van der Waals surface area contributed by atoms with Crippen molar-refractivity contribution in [2.75, 3.05) is 13.2 Å². The Kier molecular flexibility index (Phi) is 8.69. The first-order chi connectivity index (χ1) is 9.99. The van der Waals surface area contributed by atoms with Crippen LogP contribution >= 0.6 is 0 Å². The first-order valence-corrected chi connectivity index (χ1v) is 8.33. The van der Waals surface area contributed by atoms with Gasteiger partial charge in [-0.15, -0.1) is 0 Å². The number of aliphatic hydroxyl groups excluding tert-OH is 1. The summed E-state index contributed by atoms with van der Waals surface area (Å²) >= 11 is 0. The van der Waals surface area contributed by atoms with Crippen molar-refractivity contribution in [3.63, 3.8) is 0 Å². The summed E-state index contributed by atoms with van der Waals surface area (Å²) in [4.78, 5) is 11.9. The molecule has 0 bridgehead atoms. The maximum Gasteiger partial charge on any atom is 0.315 e. The highest BCUT2D eigenvalue weighted by Gasteiger charge is 2.27. The Morgan fingerprint density at radius 3 is 2.62 bits per heavy atom. The molecule has 1 fully saturated rings. The molecule has 2 amide bonds. The quantitative estimate of drug-likeness (QED) is 0.645. The monoisotopic (exact) mass is 300 g/mol. The van der Waals surface area contributed by atoms with Gasteiger partial charge < -0.3 is 20.5 Å². The number of carbonyl (C=O) groups is 1. The molecule has 124 valence electrons. The summed E-state index contributed by atoms with van der Waals surface area (Å²) in [6.07, 6.45) is 5.71. The van der Waals surface area contributed by atoms with Crippen molar-refractivity contribution in [3.8, 4) is 0 Å². The second-order valence-electron chi connectivity index (χ2n) is 6.52. The summed E-state index contributed by atoms with van der Waals surface area (Å²) in [6.45, 7) is 7.36. The molecule has 0 aliphatic heterocycles. The molecule has 0 saturated heterocycles. The van der Waals surface area contributed by atoms with E-state index < -0.39 is 0 Å². The minimum atomic E-state index is -0.382. The van der Waals surface area contributed by atoms with Gasteiger partial charge in [-0.2, -0.15) is 0 Å². The third kappa shape index (κ3) is 8.27. The fourth-order valence-electron chi connectivity index (χ4n) is 2.53. The van der Waals surface area contributed by atoms with E-state index >= 15 is 0 Å². The van der Waals surface area contributed by atoms with E-state index in [-0.39, 0.29) is 24.3 Å². The molecule has 0 radical (unpaired) electrons. The normalized spacial score (nSPS) is 23.9. The van der Waals surface area contributed by atoms with E-state index in [2.05, 4.69) is 24.5 Å². The minimum Gasteiger partial charge on any atom is -0.393 e. The smallest absolute Gasteiger partial charge is 0.315 e. The Labute approximate surface area is 128 Å². The lowest BCUT2D eigenvalue weighted by atomic mass is 9.92. The summed E-state index contributed by atoms with van der Waals surface area (Å²) in [5.74, 6) is 0.642.